The highest BCUT2D eigenvalue weighted by Crippen LogP contribution is 2.03. The van der Waals surface area contributed by atoms with E-state index in [0.717, 1.165) is 19.4 Å². The third-order valence-corrected chi connectivity index (χ3v) is 1.66. The van der Waals surface area contributed by atoms with Crippen LogP contribution in [0.15, 0.2) is 0 Å². The number of aliphatic carboxylic acids is 2. The normalized spacial score (nSPS) is 20.2. The van der Waals surface area contributed by atoms with Crippen molar-refractivity contribution in [1.82, 2.24) is 5.32 Å². The average molecular weight is 189 g/mol. The zero-order valence-electron chi connectivity index (χ0n) is 7.62. The van der Waals surface area contributed by atoms with Crippen LogP contribution in [0.25, 0.3) is 0 Å². The van der Waals surface area contributed by atoms with Crippen molar-refractivity contribution in [2.75, 3.05) is 6.54 Å². The molecule has 0 saturated carbocycles. The molecule has 1 saturated heterocycles. The van der Waals surface area contributed by atoms with Crippen molar-refractivity contribution in [1.29, 1.82) is 0 Å². The first-order valence-electron chi connectivity index (χ1n) is 4.26. The highest BCUT2D eigenvalue weighted by Gasteiger charge is 2.20. The lowest BCUT2D eigenvalue weighted by molar-refractivity contribution is -0.139. The summed E-state index contributed by atoms with van der Waals surface area (Å²) in [6.45, 7) is 2.46. The van der Waals surface area contributed by atoms with Gasteiger partial charge in [0.25, 0.3) is 0 Å². The quantitative estimate of drug-likeness (QED) is 0.581. The molecule has 3 N–H and O–H groups in total. The van der Waals surface area contributed by atoms with Crippen molar-refractivity contribution in [2.45, 2.75) is 32.2 Å². The second kappa shape index (κ2) is 6.42. The molecule has 1 heterocycles. The van der Waals surface area contributed by atoms with Crippen LogP contribution in [0.3, 0.4) is 0 Å². The van der Waals surface area contributed by atoms with E-state index in [1.54, 1.807) is 6.92 Å². The molecule has 1 aliphatic rings. The molecular weight excluding hydrogens is 174 g/mol. The van der Waals surface area contributed by atoms with Crippen LogP contribution in [0.4, 0.5) is 0 Å². The zero-order chi connectivity index (χ0) is 10.3. The smallest absolute Gasteiger partial charge is 0.320 e. The first kappa shape index (κ1) is 11.9. The van der Waals surface area contributed by atoms with Crippen LogP contribution in [0, 0.1) is 0 Å². The molecule has 0 aromatic rings. The fraction of sp³-hybridized carbons (Fsp3) is 0.750. The van der Waals surface area contributed by atoms with Gasteiger partial charge in [-0.3, -0.25) is 9.59 Å². The van der Waals surface area contributed by atoms with E-state index in [4.69, 9.17) is 10.2 Å². The van der Waals surface area contributed by atoms with E-state index in [0.29, 0.717) is 0 Å². The Hall–Kier alpha value is -1.10. The van der Waals surface area contributed by atoms with Crippen molar-refractivity contribution in [3.63, 3.8) is 0 Å². The SMILES string of the molecule is CCC(=O)O.O=C(O)[C@@H]1CCCN1. The maximum absolute atomic E-state index is 10.1. The number of hydrogen-bond acceptors (Lipinski definition) is 3. The lowest BCUT2D eigenvalue weighted by atomic mass is 10.2. The van der Waals surface area contributed by atoms with Crippen molar-refractivity contribution < 1.29 is 19.8 Å². The fourth-order valence-corrected chi connectivity index (χ4v) is 0.895. The first-order valence-corrected chi connectivity index (χ1v) is 4.26. The molecule has 1 aliphatic heterocycles. The minimum absolute atomic E-state index is 0.222. The van der Waals surface area contributed by atoms with E-state index in [2.05, 4.69) is 5.32 Å². The molecule has 0 aromatic heterocycles. The minimum Gasteiger partial charge on any atom is -0.481 e. The summed E-state index contributed by atoms with van der Waals surface area (Å²) in [6, 6.07) is -0.269. The van der Waals surface area contributed by atoms with E-state index in [-0.39, 0.29) is 12.5 Å². The van der Waals surface area contributed by atoms with E-state index in [1.807, 2.05) is 0 Å². The molecule has 0 radical (unpaired) electrons. The maximum Gasteiger partial charge on any atom is 0.320 e. The van der Waals surface area contributed by atoms with Crippen LogP contribution in [-0.4, -0.2) is 34.7 Å². The second-order valence-electron chi connectivity index (χ2n) is 2.73. The highest BCUT2D eigenvalue weighted by molar-refractivity contribution is 5.73. The molecule has 5 heteroatoms. The fourth-order valence-electron chi connectivity index (χ4n) is 0.895. The highest BCUT2D eigenvalue weighted by atomic mass is 16.4. The van der Waals surface area contributed by atoms with Gasteiger partial charge in [-0.15, -0.1) is 0 Å². The van der Waals surface area contributed by atoms with Gasteiger partial charge in [0.15, 0.2) is 0 Å². The van der Waals surface area contributed by atoms with Gasteiger partial charge in [0.05, 0.1) is 0 Å². The molecule has 0 spiro atoms. The molecule has 1 atom stereocenters. The average Bonchev–Trinajstić information content (AvgIpc) is 2.57. The Morgan fingerprint density at radius 1 is 1.46 bits per heavy atom. The lowest BCUT2D eigenvalue weighted by Gasteiger charge is -1.99. The van der Waals surface area contributed by atoms with Crippen LogP contribution in [-0.2, 0) is 9.59 Å². The number of carboxylic acid groups (broad SMARTS) is 2. The molecular formula is C8H15NO4. The summed E-state index contributed by atoms with van der Waals surface area (Å²) in [5.41, 5.74) is 0. The summed E-state index contributed by atoms with van der Waals surface area (Å²) < 4.78 is 0. The van der Waals surface area contributed by atoms with Gasteiger partial charge in [-0.25, -0.2) is 0 Å². The minimum atomic E-state index is -0.745. The third kappa shape index (κ3) is 6.10. The van der Waals surface area contributed by atoms with Crippen molar-refractivity contribution in [3.05, 3.63) is 0 Å². The Morgan fingerprint density at radius 3 is 2.15 bits per heavy atom. The van der Waals surface area contributed by atoms with Gasteiger partial charge < -0.3 is 15.5 Å². The molecule has 0 amide bonds. The Bertz CT molecular complexity index is 175. The molecule has 0 unspecified atom stereocenters. The van der Waals surface area contributed by atoms with Gasteiger partial charge in [-0.1, -0.05) is 6.92 Å². The summed E-state index contributed by atoms with van der Waals surface area (Å²) in [5, 5.41) is 18.9. The molecule has 0 aromatic carbocycles. The molecule has 0 aliphatic carbocycles. The van der Waals surface area contributed by atoms with E-state index in [9.17, 15) is 9.59 Å². The van der Waals surface area contributed by atoms with Crippen LogP contribution in [0.1, 0.15) is 26.2 Å². The van der Waals surface area contributed by atoms with E-state index < -0.39 is 11.9 Å². The standard InChI is InChI=1S/C5H9NO2.C3H6O2/c7-5(8)4-2-1-3-6-4;1-2-3(4)5/h4,6H,1-3H2,(H,7,8);2H2,1H3,(H,4,5)/t4-;/m0./s1. The summed E-state index contributed by atoms with van der Waals surface area (Å²) in [4.78, 5) is 19.5. The van der Waals surface area contributed by atoms with Crippen molar-refractivity contribution in [2.24, 2.45) is 0 Å². The largest absolute Gasteiger partial charge is 0.481 e. The molecule has 0 bridgehead atoms. The molecule has 1 fully saturated rings. The summed E-state index contributed by atoms with van der Waals surface area (Å²) in [5.74, 6) is -1.47. The van der Waals surface area contributed by atoms with Crippen LogP contribution in [0.5, 0.6) is 0 Å². The third-order valence-electron chi connectivity index (χ3n) is 1.66. The van der Waals surface area contributed by atoms with E-state index in [1.165, 1.54) is 0 Å². The van der Waals surface area contributed by atoms with E-state index >= 15 is 0 Å². The Morgan fingerprint density at radius 2 is 2.00 bits per heavy atom. The monoisotopic (exact) mass is 189 g/mol. The maximum atomic E-state index is 10.1. The molecule has 13 heavy (non-hydrogen) atoms. The Kier molecular flexibility index (Phi) is 5.88. The first-order chi connectivity index (χ1) is 6.07. The number of hydrogen-bond donors (Lipinski definition) is 3. The second-order valence-corrected chi connectivity index (χ2v) is 2.73. The summed E-state index contributed by atoms with van der Waals surface area (Å²) in [7, 11) is 0. The zero-order valence-corrected chi connectivity index (χ0v) is 7.62. The molecule has 5 nitrogen and oxygen atoms in total. The lowest BCUT2D eigenvalue weighted by Crippen LogP contribution is -2.29. The van der Waals surface area contributed by atoms with Crippen molar-refractivity contribution in [3.8, 4) is 0 Å². The summed E-state index contributed by atoms with van der Waals surface area (Å²) >= 11 is 0. The number of rotatable bonds is 2. The molecule has 1 rings (SSSR count). The van der Waals surface area contributed by atoms with Gasteiger partial charge in [0, 0.05) is 6.42 Å². The van der Waals surface area contributed by atoms with Crippen LogP contribution in [0.2, 0.25) is 0 Å². The van der Waals surface area contributed by atoms with Crippen LogP contribution < -0.4 is 5.32 Å². The van der Waals surface area contributed by atoms with Crippen molar-refractivity contribution >= 4 is 11.9 Å². The topological polar surface area (TPSA) is 86.6 Å². The van der Waals surface area contributed by atoms with Gasteiger partial charge in [0.2, 0.25) is 0 Å². The molecule has 76 valence electrons. The Balaban J connectivity index is 0.000000252. The Labute approximate surface area is 76.8 Å². The summed E-state index contributed by atoms with van der Waals surface area (Å²) in [6.07, 6.45) is 2.01. The predicted octanol–water partition coefficient (Wildman–Crippen LogP) is 0.304. The predicted molar refractivity (Wildman–Crippen MR) is 46.6 cm³/mol. The van der Waals surface area contributed by atoms with Gasteiger partial charge >= 0.3 is 11.9 Å². The van der Waals surface area contributed by atoms with Gasteiger partial charge in [-0.2, -0.15) is 0 Å². The number of carboxylic acids is 2. The number of nitrogens with one attached hydrogen (secondary N) is 1. The van der Waals surface area contributed by atoms with Gasteiger partial charge in [0.1, 0.15) is 6.04 Å². The number of carbonyl (C=O) groups is 2. The van der Waals surface area contributed by atoms with Gasteiger partial charge in [-0.05, 0) is 19.4 Å². The van der Waals surface area contributed by atoms with Crippen LogP contribution >= 0.6 is 0 Å².